The van der Waals surface area contributed by atoms with Gasteiger partial charge in [-0.15, -0.1) is 0 Å². The third-order valence-electron chi connectivity index (χ3n) is 12.3. The molecule has 0 unspecified atom stereocenters. The summed E-state index contributed by atoms with van der Waals surface area (Å²) < 4.78 is 13.1. The number of benzene rings is 10. The van der Waals surface area contributed by atoms with Gasteiger partial charge >= 0.3 is 0 Å². The lowest BCUT2D eigenvalue weighted by atomic mass is 9.91. The zero-order valence-electron chi connectivity index (χ0n) is 33.2. The van der Waals surface area contributed by atoms with Gasteiger partial charge in [-0.05, 0) is 79.3 Å². The zero-order valence-corrected chi connectivity index (χ0v) is 33.2. The molecule has 62 heavy (non-hydrogen) atoms. The van der Waals surface area contributed by atoms with Crippen molar-refractivity contribution in [2.75, 3.05) is 0 Å². The number of para-hydroxylation sites is 2. The molecule has 3 aromatic heterocycles. The van der Waals surface area contributed by atoms with Crippen molar-refractivity contribution in [1.29, 1.82) is 0 Å². The highest BCUT2D eigenvalue weighted by Crippen LogP contribution is 2.45. The number of furan rings is 2. The number of fused-ring (bicyclic) bond motifs is 9. The van der Waals surface area contributed by atoms with Gasteiger partial charge in [0.05, 0.1) is 0 Å². The minimum Gasteiger partial charge on any atom is -0.456 e. The van der Waals surface area contributed by atoms with Crippen molar-refractivity contribution >= 4 is 76.2 Å². The van der Waals surface area contributed by atoms with E-state index in [2.05, 4.69) is 170 Å². The number of nitrogens with zero attached hydrogens (tertiary/aromatic N) is 3. The number of hydrogen-bond acceptors (Lipinski definition) is 5. The minimum atomic E-state index is 0.583. The highest BCUT2D eigenvalue weighted by atomic mass is 16.3. The fraction of sp³-hybridized carbons (Fsp3) is 0. The van der Waals surface area contributed by atoms with Crippen molar-refractivity contribution in [3.8, 4) is 56.4 Å². The van der Waals surface area contributed by atoms with E-state index in [1.807, 2.05) is 30.3 Å². The summed E-state index contributed by atoms with van der Waals surface area (Å²) in [5.74, 6) is 1.78. The van der Waals surface area contributed by atoms with E-state index in [-0.39, 0.29) is 0 Å². The molecule has 0 N–H and O–H groups in total. The van der Waals surface area contributed by atoms with Gasteiger partial charge in [-0.2, -0.15) is 0 Å². The largest absolute Gasteiger partial charge is 0.456 e. The van der Waals surface area contributed by atoms with Crippen LogP contribution in [0.15, 0.2) is 209 Å². The summed E-state index contributed by atoms with van der Waals surface area (Å²) in [5, 5.41) is 11.0. The SMILES string of the molecule is c1ccc2cc(-c3nc(-c4ccc(-c5cccc6oc7c(-c8cccc9ccccc89)cccc7c56)c5ccccc45)nc(-c4cccc5oc6ccccc6c45)n3)ccc2c1. The van der Waals surface area contributed by atoms with Crippen LogP contribution in [0, 0.1) is 0 Å². The molecule has 0 saturated heterocycles. The third kappa shape index (κ3) is 5.32. The molecule has 0 saturated carbocycles. The maximum Gasteiger partial charge on any atom is 0.164 e. The first-order chi connectivity index (χ1) is 30.7. The molecule has 0 aliphatic heterocycles. The Labute approximate surface area is 355 Å². The average molecular weight is 792 g/mol. The Bertz CT molecular complexity index is 3950. The molecule has 3 heterocycles. The lowest BCUT2D eigenvalue weighted by Gasteiger charge is -2.14. The molecule has 13 aromatic rings. The molecule has 0 aliphatic rings. The Balaban J connectivity index is 1.03. The Morgan fingerprint density at radius 2 is 0.790 bits per heavy atom. The second kappa shape index (κ2) is 13.6. The molecule has 5 nitrogen and oxygen atoms in total. The molecular formula is C57H33N3O2. The second-order valence-electron chi connectivity index (χ2n) is 15.8. The van der Waals surface area contributed by atoms with E-state index in [9.17, 15) is 0 Å². The first kappa shape index (κ1) is 34.5. The zero-order chi connectivity index (χ0) is 40.7. The van der Waals surface area contributed by atoms with Gasteiger partial charge in [0.15, 0.2) is 17.5 Å². The smallest absolute Gasteiger partial charge is 0.164 e. The predicted octanol–water partition coefficient (Wildman–Crippen LogP) is 15.5. The van der Waals surface area contributed by atoms with Crippen molar-refractivity contribution < 1.29 is 8.83 Å². The maximum absolute atomic E-state index is 6.81. The van der Waals surface area contributed by atoms with Crippen LogP contribution in [-0.2, 0) is 0 Å². The Morgan fingerprint density at radius 1 is 0.274 bits per heavy atom. The van der Waals surface area contributed by atoms with Crippen molar-refractivity contribution in [3.05, 3.63) is 200 Å². The summed E-state index contributed by atoms with van der Waals surface area (Å²) in [7, 11) is 0. The van der Waals surface area contributed by atoms with Crippen LogP contribution >= 0.6 is 0 Å². The van der Waals surface area contributed by atoms with Crippen molar-refractivity contribution in [3.63, 3.8) is 0 Å². The Morgan fingerprint density at radius 3 is 1.65 bits per heavy atom. The van der Waals surface area contributed by atoms with Crippen LogP contribution in [0.4, 0.5) is 0 Å². The molecule has 5 heteroatoms. The third-order valence-corrected chi connectivity index (χ3v) is 12.3. The number of aromatic nitrogens is 3. The normalized spacial score (nSPS) is 11.9. The molecule has 288 valence electrons. The van der Waals surface area contributed by atoms with E-state index in [1.54, 1.807) is 0 Å². The maximum atomic E-state index is 6.81. The van der Waals surface area contributed by atoms with Crippen molar-refractivity contribution in [2.45, 2.75) is 0 Å². The van der Waals surface area contributed by atoms with Crippen LogP contribution in [0.5, 0.6) is 0 Å². The minimum absolute atomic E-state index is 0.583. The first-order valence-corrected chi connectivity index (χ1v) is 20.8. The molecule has 0 aliphatic carbocycles. The van der Waals surface area contributed by atoms with E-state index in [0.29, 0.717) is 17.5 Å². The lowest BCUT2D eigenvalue weighted by Crippen LogP contribution is -2.01. The van der Waals surface area contributed by atoms with Crippen LogP contribution in [0.2, 0.25) is 0 Å². The van der Waals surface area contributed by atoms with E-state index in [4.69, 9.17) is 23.8 Å². The fourth-order valence-electron chi connectivity index (χ4n) is 9.51. The van der Waals surface area contributed by atoms with Gasteiger partial charge in [0, 0.05) is 43.8 Å². The summed E-state index contributed by atoms with van der Waals surface area (Å²) in [4.78, 5) is 15.8. The topological polar surface area (TPSA) is 65.0 Å². The summed E-state index contributed by atoms with van der Waals surface area (Å²) in [6.45, 7) is 0. The van der Waals surface area contributed by atoms with Gasteiger partial charge in [-0.25, -0.2) is 15.0 Å². The summed E-state index contributed by atoms with van der Waals surface area (Å²) >= 11 is 0. The van der Waals surface area contributed by atoms with Crippen LogP contribution in [-0.4, -0.2) is 15.0 Å². The van der Waals surface area contributed by atoms with Gasteiger partial charge < -0.3 is 8.83 Å². The molecule has 0 spiro atoms. The molecule has 0 radical (unpaired) electrons. The highest BCUT2D eigenvalue weighted by molar-refractivity contribution is 6.19. The van der Waals surface area contributed by atoms with Crippen LogP contribution in [0.3, 0.4) is 0 Å². The molecule has 13 rings (SSSR count). The molecule has 0 amide bonds. The van der Waals surface area contributed by atoms with E-state index >= 15 is 0 Å². The molecule has 0 fully saturated rings. The van der Waals surface area contributed by atoms with E-state index in [1.165, 1.54) is 10.8 Å². The molecular weight excluding hydrogens is 759 g/mol. The monoisotopic (exact) mass is 791 g/mol. The van der Waals surface area contributed by atoms with E-state index in [0.717, 1.165) is 104 Å². The van der Waals surface area contributed by atoms with Crippen molar-refractivity contribution in [2.24, 2.45) is 0 Å². The highest BCUT2D eigenvalue weighted by Gasteiger charge is 2.22. The Kier molecular flexibility index (Phi) is 7.54. The molecule has 10 aromatic carbocycles. The Hall–Kier alpha value is -8.41. The lowest BCUT2D eigenvalue weighted by molar-refractivity contribution is 0.669. The van der Waals surface area contributed by atoms with Gasteiger partial charge in [0.1, 0.15) is 22.3 Å². The van der Waals surface area contributed by atoms with Gasteiger partial charge in [0.25, 0.3) is 0 Å². The van der Waals surface area contributed by atoms with Gasteiger partial charge in [0.2, 0.25) is 0 Å². The van der Waals surface area contributed by atoms with Crippen molar-refractivity contribution in [1.82, 2.24) is 15.0 Å². The van der Waals surface area contributed by atoms with Gasteiger partial charge in [-0.1, -0.05) is 170 Å². The predicted molar refractivity (Wildman–Crippen MR) is 254 cm³/mol. The average Bonchev–Trinajstić information content (AvgIpc) is 3.92. The molecule has 0 bridgehead atoms. The standard InChI is InChI=1S/C57H33N3O2/c1-2-15-36-33-37(30-29-34(36)13-1)55-58-56(60-57(59-55)48-25-12-27-50-53(48)46-20-7-8-26-49(46)61-50)45-32-31-42(40-18-5-6-19-41(40)45)43-22-11-28-51-52(43)47-24-10-23-44(54(47)62-51)39-21-9-16-35-14-3-4-17-38(35)39/h1-33H. The van der Waals surface area contributed by atoms with Crippen LogP contribution in [0.25, 0.3) is 133 Å². The van der Waals surface area contributed by atoms with Crippen LogP contribution < -0.4 is 0 Å². The first-order valence-electron chi connectivity index (χ1n) is 20.8. The summed E-state index contributed by atoms with van der Waals surface area (Å²) in [6.07, 6.45) is 0. The number of rotatable bonds is 5. The molecule has 0 atom stereocenters. The second-order valence-corrected chi connectivity index (χ2v) is 15.8. The summed E-state index contributed by atoms with van der Waals surface area (Å²) in [6, 6.07) is 69.8. The quantitative estimate of drug-likeness (QED) is 0.174. The fourth-order valence-corrected chi connectivity index (χ4v) is 9.51. The van der Waals surface area contributed by atoms with Gasteiger partial charge in [-0.3, -0.25) is 0 Å². The number of hydrogen-bond donors (Lipinski definition) is 0. The van der Waals surface area contributed by atoms with Crippen LogP contribution in [0.1, 0.15) is 0 Å². The van der Waals surface area contributed by atoms with E-state index < -0.39 is 0 Å². The summed E-state index contributed by atoms with van der Waals surface area (Å²) in [5.41, 5.74) is 10.5.